The van der Waals surface area contributed by atoms with Crippen LogP contribution in [0.3, 0.4) is 0 Å². The topological polar surface area (TPSA) is 56.1 Å². The first-order valence-corrected chi connectivity index (χ1v) is 10.8. The number of imidazole rings is 1. The Hall–Kier alpha value is -3.39. The Balaban J connectivity index is 1.73. The molecule has 1 atom stereocenters. The van der Waals surface area contributed by atoms with Crippen molar-refractivity contribution in [3.63, 3.8) is 0 Å². The molecule has 164 valence electrons. The van der Waals surface area contributed by atoms with E-state index >= 15 is 0 Å². The highest BCUT2D eigenvalue weighted by molar-refractivity contribution is 8.00. The van der Waals surface area contributed by atoms with Gasteiger partial charge in [0, 0.05) is 0 Å². The Morgan fingerprint density at radius 2 is 1.78 bits per heavy atom. The number of para-hydroxylation sites is 2. The van der Waals surface area contributed by atoms with Crippen LogP contribution in [0.25, 0.3) is 11.0 Å². The molecule has 5 nitrogen and oxygen atoms in total. The molecule has 0 radical (unpaired) electrons. The Morgan fingerprint density at radius 1 is 1.06 bits per heavy atom. The van der Waals surface area contributed by atoms with Crippen LogP contribution in [0.2, 0.25) is 0 Å². The van der Waals surface area contributed by atoms with Gasteiger partial charge in [0.25, 0.3) is 0 Å². The molecule has 8 heteroatoms. The van der Waals surface area contributed by atoms with Crippen molar-refractivity contribution in [3.8, 4) is 5.75 Å². The van der Waals surface area contributed by atoms with Crippen molar-refractivity contribution >= 4 is 34.4 Å². The molecular weight excluding hydrogens is 432 g/mol. The number of aryl methyl sites for hydroxylation is 1. The molecule has 4 aromatic rings. The number of thioether (sulfide) groups is 1. The van der Waals surface area contributed by atoms with Crippen LogP contribution >= 0.6 is 11.8 Å². The second-order valence-electron chi connectivity index (χ2n) is 7.13. The van der Waals surface area contributed by atoms with Crippen molar-refractivity contribution in [2.24, 2.45) is 0 Å². The number of amides is 1. The van der Waals surface area contributed by atoms with Gasteiger partial charge in [-0.3, -0.25) is 9.36 Å². The molecule has 0 aliphatic carbocycles. The van der Waals surface area contributed by atoms with E-state index in [1.165, 1.54) is 7.11 Å². The van der Waals surface area contributed by atoms with Crippen molar-refractivity contribution < 1.29 is 18.3 Å². The lowest BCUT2D eigenvalue weighted by molar-refractivity contribution is -0.115. The number of nitrogens with zero attached hydrogens (tertiary/aromatic N) is 2. The summed E-state index contributed by atoms with van der Waals surface area (Å²) in [6.07, 6.45) is 0. The lowest BCUT2D eigenvalue weighted by Gasteiger charge is -2.18. The van der Waals surface area contributed by atoms with Crippen LogP contribution in [-0.4, -0.2) is 22.6 Å². The quantitative estimate of drug-likeness (QED) is 0.338. The van der Waals surface area contributed by atoms with Crippen molar-refractivity contribution in [2.45, 2.75) is 23.9 Å². The van der Waals surface area contributed by atoms with E-state index in [1.807, 2.05) is 19.1 Å². The summed E-state index contributed by atoms with van der Waals surface area (Å²) in [4.78, 5) is 17.8. The molecule has 0 aliphatic rings. The fourth-order valence-corrected chi connectivity index (χ4v) is 4.53. The van der Waals surface area contributed by atoms with Crippen LogP contribution in [0.15, 0.2) is 78.0 Å². The molecule has 0 aliphatic heterocycles. The molecule has 0 spiro atoms. The van der Waals surface area contributed by atoms with Gasteiger partial charge >= 0.3 is 6.55 Å². The summed E-state index contributed by atoms with van der Waals surface area (Å²) in [5.74, 6) is 0.151. The van der Waals surface area contributed by atoms with Gasteiger partial charge in [0.05, 0.1) is 23.8 Å². The number of hydrogen-bond donors (Lipinski definition) is 1. The van der Waals surface area contributed by atoms with Crippen LogP contribution in [-0.2, 0) is 4.79 Å². The first-order valence-electron chi connectivity index (χ1n) is 9.90. The van der Waals surface area contributed by atoms with Gasteiger partial charge in [-0.15, -0.1) is 0 Å². The van der Waals surface area contributed by atoms with E-state index < -0.39 is 11.8 Å². The standard InChI is InChI=1S/C24H21F2N3O2S/c1-15-12-13-20(31-2)18(14-15)27-22(30)21(16-8-4-3-5-9-16)32-24-28-17-10-6-7-11-19(17)29(24)23(25)26/h3-14,21,23H,1-2H3,(H,27,30). The highest BCUT2D eigenvalue weighted by Crippen LogP contribution is 2.39. The van der Waals surface area contributed by atoms with E-state index in [0.29, 0.717) is 28.0 Å². The average molecular weight is 454 g/mol. The number of alkyl halides is 2. The van der Waals surface area contributed by atoms with E-state index in [4.69, 9.17) is 4.74 Å². The summed E-state index contributed by atoms with van der Waals surface area (Å²) < 4.78 is 34.1. The molecule has 0 bridgehead atoms. The normalized spacial score (nSPS) is 12.2. The predicted octanol–water partition coefficient (Wildman–Crippen LogP) is 6.22. The van der Waals surface area contributed by atoms with Crippen molar-refractivity contribution in [1.82, 2.24) is 9.55 Å². The molecule has 0 fully saturated rings. The third-order valence-corrected chi connectivity index (χ3v) is 6.16. The number of ether oxygens (including phenoxy) is 1. The molecular formula is C24H21F2N3O2S. The van der Waals surface area contributed by atoms with Crippen LogP contribution in [0.1, 0.15) is 22.9 Å². The van der Waals surface area contributed by atoms with E-state index in [1.54, 1.807) is 60.7 Å². The van der Waals surface area contributed by atoms with Gasteiger partial charge in [0.1, 0.15) is 11.0 Å². The number of hydrogen-bond acceptors (Lipinski definition) is 4. The third kappa shape index (κ3) is 4.45. The molecule has 1 heterocycles. The number of rotatable bonds is 7. The first-order chi connectivity index (χ1) is 15.5. The number of fused-ring (bicyclic) bond motifs is 1. The van der Waals surface area contributed by atoms with Gasteiger partial charge in [0.15, 0.2) is 5.16 Å². The van der Waals surface area contributed by atoms with Gasteiger partial charge < -0.3 is 10.1 Å². The predicted molar refractivity (Wildman–Crippen MR) is 122 cm³/mol. The zero-order chi connectivity index (χ0) is 22.7. The molecule has 4 rings (SSSR count). The monoisotopic (exact) mass is 453 g/mol. The van der Waals surface area contributed by atoms with Crippen LogP contribution in [0.4, 0.5) is 14.5 Å². The number of halogens is 2. The molecule has 32 heavy (non-hydrogen) atoms. The number of methoxy groups -OCH3 is 1. The van der Waals surface area contributed by atoms with Crippen LogP contribution in [0.5, 0.6) is 5.75 Å². The second-order valence-corrected chi connectivity index (χ2v) is 8.20. The Morgan fingerprint density at radius 3 is 2.50 bits per heavy atom. The number of nitrogens with one attached hydrogen (secondary N) is 1. The lowest BCUT2D eigenvalue weighted by Crippen LogP contribution is -2.20. The number of benzene rings is 3. The zero-order valence-corrected chi connectivity index (χ0v) is 18.3. The SMILES string of the molecule is COc1ccc(C)cc1NC(=O)C(Sc1nc2ccccc2n1C(F)F)c1ccccc1. The maximum atomic E-state index is 13.9. The minimum absolute atomic E-state index is 0.0708. The zero-order valence-electron chi connectivity index (χ0n) is 17.5. The minimum Gasteiger partial charge on any atom is -0.495 e. The van der Waals surface area contributed by atoms with Gasteiger partial charge in [-0.2, -0.15) is 8.78 Å². The molecule has 1 amide bonds. The summed E-state index contributed by atoms with van der Waals surface area (Å²) in [5, 5.41) is 2.16. The minimum atomic E-state index is -2.79. The van der Waals surface area contributed by atoms with Crippen LogP contribution < -0.4 is 10.1 Å². The summed E-state index contributed by atoms with van der Waals surface area (Å²) in [6, 6.07) is 21.2. The van der Waals surface area contributed by atoms with E-state index in [0.717, 1.165) is 21.9 Å². The number of aromatic nitrogens is 2. The fraction of sp³-hybridized carbons (Fsp3) is 0.167. The van der Waals surface area contributed by atoms with E-state index in [9.17, 15) is 13.6 Å². The van der Waals surface area contributed by atoms with Gasteiger partial charge in [-0.1, -0.05) is 60.3 Å². The summed E-state index contributed by atoms with van der Waals surface area (Å²) in [5.41, 5.74) is 2.90. The van der Waals surface area contributed by atoms with Crippen LogP contribution in [0, 0.1) is 6.92 Å². The average Bonchev–Trinajstić information content (AvgIpc) is 3.16. The second kappa shape index (κ2) is 9.40. The van der Waals surface area contributed by atoms with E-state index in [-0.39, 0.29) is 11.1 Å². The smallest absolute Gasteiger partial charge is 0.321 e. The maximum absolute atomic E-state index is 13.9. The largest absolute Gasteiger partial charge is 0.495 e. The summed E-state index contributed by atoms with van der Waals surface area (Å²) in [7, 11) is 1.52. The van der Waals surface area contributed by atoms with Gasteiger partial charge in [-0.25, -0.2) is 4.98 Å². The molecule has 1 unspecified atom stereocenters. The molecule has 0 saturated heterocycles. The first kappa shape index (κ1) is 21.8. The Bertz CT molecular complexity index is 1240. The summed E-state index contributed by atoms with van der Waals surface area (Å²) in [6.45, 7) is -0.884. The lowest BCUT2D eigenvalue weighted by atomic mass is 10.1. The number of carbonyl (C=O) groups is 1. The molecule has 3 aromatic carbocycles. The Kier molecular flexibility index (Phi) is 6.41. The highest BCUT2D eigenvalue weighted by Gasteiger charge is 2.28. The van der Waals surface area contributed by atoms with E-state index in [2.05, 4.69) is 10.3 Å². The fourth-order valence-electron chi connectivity index (χ4n) is 3.42. The third-order valence-electron chi connectivity index (χ3n) is 4.94. The molecule has 1 N–H and O–H groups in total. The van der Waals surface area contributed by atoms with Gasteiger partial charge in [0.2, 0.25) is 5.91 Å². The summed E-state index contributed by atoms with van der Waals surface area (Å²) >= 11 is 0.987. The van der Waals surface area contributed by atoms with Crippen molar-refractivity contribution in [2.75, 3.05) is 12.4 Å². The highest BCUT2D eigenvalue weighted by atomic mass is 32.2. The molecule has 0 saturated carbocycles. The molecule has 1 aromatic heterocycles. The maximum Gasteiger partial charge on any atom is 0.321 e. The van der Waals surface area contributed by atoms with Crippen molar-refractivity contribution in [1.29, 1.82) is 0 Å². The Labute approximate surface area is 188 Å². The number of carbonyl (C=O) groups excluding carboxylic acids is 1. The van der Waals surface area contributed by atoms with Gasteiger partial charge in [-0.05, 0) is 42.3 Å². The number of anilines is 1. The van der Waals surface area contributed by atoms with Crippen molar-refractivity contribution in [3.05, 3.63) is 83.9 Å².